The van der Waals surface area contributed by atoms with E-state index in [0.29, 0.717) is 46.8 Å². The van der Waals surface area contributed by atoms with Gasteiger partial charge < -0.3 is 19.0 Å². The second-order valence-corrected chi connectivity index (χ2v) is 8.63. The Morgan fingerprint density at radius 1 is 1.06 bits per heavy atom. The van der Waals surface area contributed by atoms with Gasteiger partial charge in [0.25, 0.3) is 0 Å². The zero-order valence-corrected chi connectivity index (χ0v) is 19.7. The molecule has 10 heteroatoms. The maximum Gasteiger partial charge on any atom is 0.412 e. The molecule has 0 aromatic carbocycles. The van der Waals surface area contributed by atoms with Crippen LogP contribution in [0.1, 0.15) is 37.7 Å². The number of aromatic nitrogens is 4. The van der Waals surface area contributed by atoms with Gasteiger partial charge in [-0.05, 0) is 65.0 Å². The molecule has 0 aliphatic carbocycles. The van der Waals surface area contributed by atoms with Crippen LogP contribution in [-0.2, 0) is 11.3 Å². The van der Waals surface area contributed by atoms with Gasteiger partial charge in [0.1, 0.15) is 17.0 Å². The van der Waals surface area contributed by atoms with Gasteiger partial charge in [-0.25, -0.2) is 19.7 Å². The minimum absolute atomic E-state index is 0.380. The molecule has 0 bridgehead atoms. The van der Waals surface area contributed by atoms with Crippen molar-refractivity contribution in [2.75, 3.05) is 10.6 Å². The number of aryl methyl sites for hydroxylation is 2. The first-order valence-electron chi connectivity index (χ1n) is 10.7. The summed E-state index contributed by atoms with van der Waals surface area (Å²) in [6, 6.07) is 8.94. The summed E-state index contributed by atoms with van der Waals surface area (Å²) >= 11 is 0. The molecule has 4 rings (SSSR count). The van der Waals surface area contributed by atoms with Crippen molar-refractivity contribution in [3.8, 4) is 22.9 Å². The summed E-state index contributed by atoms with van der Waals surface area (Å²) in [5, 5.41) is 10.0. The third kappa shape index (κ3) is 5.40. The highest BCUT2D eigenvalue weighted by molar-refractivity contribution is 5.85. The van der Waals surface area contributed by atoms with Crippen molar-refractivity contribution in [1.82, 2.24) is 20.1 Å². The van der Waals surface area contributed by atoms with Crippen molar-refractivity contribution in [1.29, 1.82) is 0 Å². The number of nitrogens with zero attached hydrogens (tertiary/aromatic N) is 4. The first-order chi connectivity index (χ1) is 16.2. The van der Waals surface area contributed by atoms with Gasteiger partial charge in [-0.1, -0.05) is 5.16 Å². The smallest absolute Gasteiger partial charge is 0.412 e. The lowest BCUT2D eigenvalue weighted by atomic mass is 10.1. The van der Waals surface area contributed by atoms with E-state index in [1.165, 1.54) is 0 Å². The number of carbonyl (C=O) groups excluding carboxylic acids is 1. The number of anilines is 2. The third-order valence-electron chi connectivity index (χ3n) is 4.79. The molecule has 176 valence electrons. The van der Waals surface area contributed by atoms with E-state index in [-0.39, 0.29) is 0 Å². The number of carbonyl (C=O) groups is 1. The number of furan rings is 1. The third-order valence-corrected chi connectivity index (χ3v) is 4.79. The van der Waals surface area contributed by atoms with Gasteiger partial charge in [-0.3, -0.25) is 5.32 Å². The van der Waals surface area contributed by atoms with E-state index in [2.05, 4.69) is 30.7 Å². The number of pyridine rings is 1. The zero-order chi connectivity index (χ0) is 24.3. The number of rotatable bonds is 6. The molecule has 10 nitrogen and oxygen atoms in total. The molecule has 4 heterocycles. The lowest BCUT2D eigenvalue weighted by Gasteiger charge is -2.20. The summed E-state index contributed by atoms with van der Waals surface area (Å²) in [6.07, 6.45) is 2.72. The molecule has 2 N–H and O–H groups in total. The summed E-state index contributed by atoms with van der Waals surface area (Å²) in [4.78, 5) is 25.5. The van der Waals surface area contributed by atoms with Gasteiger partial charge in [0.15, 0.2) is 11.5 Å². The molecule has 1 amide bonds. The van der Waals surface area contributed by atoms with Crippen LogP contribution in [0.5, 0.6) is 0 Å². The van der Waals surface area contributed by atoms with E-state index in [0.717, 1.165) is 11.3 Å². The van der Waals surface area contributed by atoms with Crippen molar-refractivity contribution < 1.29 is 18.5 Å². The van der Waals surface area contributed by atoms with Crippen LogP contribution < -0.4 is 10.6 Å². The van der Waals surface area contributed by atoms with Crippen LogP contribution in [0.2, 0.25) is 0 Å². The zero-order valence-electron chi connectivity index (χ0n) is 19.7. The minimum Gasteiger partial charge on any atom is -0.463 e. The molecule has 4 aromatic rings. The van der Waals surface area contributed by atoms with Crippen molar-refractivity contribution >= 4 is 17.7 Å². The second kappa shape index (κ2) is 9.34. The van der Waals surface area contributed by atoms with Crippen LogP contribution in [0.15, 0.2) is 51.7 Å². The maximum absolute atomic E-state index is 12.1. The van der Waals surface area contributed by atoms with Crippen LogP contribution in [0.4, 0.5) is 16.4 Å². The van der Waals surface area contributed by atoms with E-state index in [9.17, 15) is 4.79 Å². The standard InChI is InChI=1S/C24H26N6O4/c1-14-16(13-26-22-25-11-10-18(28-22)20-7-6-12-32-20)21(34-30-14)19-9-8-17(15(2)27-19)29-23(31)33-24(3,4)5/h6-12H,13H2,1-5H3,(H,29,31)(H,25,26,28). The van der Waals surface area contributed by atoms with E-state index < -0.39 is 11.7 Å². The molecular weight excluding hydrogens is 436 g/mol. The molecule has 34 heavy (non-hydrogen) atoms. The minimum atomic E-state index is -0.591. The number of ether oxygens (including phenoxy) is 1. The maximum atomic E-state index is 12.1. The van der Waals surface area contributed by atoms with E-state index in [1.807, 2.05) is 13.0 Å². The number of amides is 1. The predicted molar refractivity (Wildman–Crippen MR) is 126 cm³/mol. The number of nitrogens with one attached hydrogen (secondary N) is 2. The summed E-state index contributed by atoms with van der Waals surface area (Å²) in [5.74, 6) is 1.63. The molecule has 0 atom stereocenters. The molecule has 4 aromatic heterocycles. The van der Waals surface area contributed by atoms with Crippen molar-refractivity contribution in [2.45, 2.75) is 46.8 Å². The van der Waals surface area contributed by atoms with Gasteiger partial charge in [0.05, 0.1) is 23.3 Å². The molecule has 0 radical (unpaired) electrons. The average molecular weight is 463 g/mol. The van der Waals surface area contributed by atoms with Crippen LogP contribution >= 0.6 is 0 Å². The number of hydrogen-bond donors (Lipinski definition) is 2. The molecular formula is C24H26N6O4. The first kappa shape index (κ1) is 23.0. The first-order valence-corrected chi connectivity index (χ1v) is 10.7. The van der Waals surface area contributed by atoms with Crippen LogP contribution in [0.3, 0.4) is 0 Å². The van der Waals surface area contributed by atoms with E-state index in [4.69, 9.17) is 13.7 Å². The van der Waals surface area contributed by atoms with Gasteiger partial charge >= 0.3 is 6.09 Å². The average Bonchev–Trinajstić information content (AvgIpc) is 3.43. The second-order valence-electron chi connectivity index (χ2n) is 8.63. The number of hydrogen-bond acceptors (Lipinski definition) is 9. The quantitative estimate of drug-likeness (QED) is 0.389. The monoisotopic (exact) mass is 462 g/mol. The molecule has 0 spiro atoms. The highest BCUT2D eigenvalue weighted by Gasteiger charge is 2.20. The SMILES string of the molecule is Cc1nc(-c2onc(C)c2CNc2nccc(-c3ccco3)n2)ccc1NC(=O)OC(C)(C)C. The fourth-order valence-electron chi connectivity index (χ4n) is 3.20. The highest BCUT2D eigenvalue weighted by Crippen LogP contribution is 2.28. The molecule has 0 saturated heterocycles. The Hall–Kier alpha value is -4.21. The summed E-state index contributed by atoms with van der Waals surface area (Å²) < 4.78 is 16.3. The van der Waals surface area contributed by atoms with Crippen LogP contribution in [-0.4, -0.2) is 31.8 Å². The van der Waals surface area contributed by atoms with Crippen molar-refractivity contribution in [3.05, 3.63) is 59.7 Å². The van der Waals surface area contributed by atoms with Gasteiger partial charge in [0, 0.05) is 18.3 Å². The topological polar surface area (TPSA) is 128 Å². The van der Waals surface area contributed by atoms with Gasteiger partial charge in [-0.2, -0.15) is 0 Å². The molecule has 0 aliphatic rings. The molecule has 0 fully saturated rings. The fourth-order valence-corrected chi connectivity index (χ4v) is 3.20. The van der Waals surface area contributed by atoms with Crippen molar-refractivity contribution in [3.63, 3.8) is 0 Å². The lowest BCUT2D eigenvalue weighted by molar-refractivity contribution is 0.0635. The highest BCUT2D eigenvalue weighted by atomic mass is 16.6. The largest absolute Gasteiger partial charge is 0.463 e. The van der Waals surface area contributed by atoms with E-state index >= 15 is 0 Å². The Labute approximate surface area is 196 Å². The Morgan fingerprint density at radius 3 is 2.59 bits per heavy atom. The van der Waals surface area contributed by atoms with Gasteiger partial charge in [0.2, 0.25) is 5.95 Å². The van der Waals surface area contributed by atoms with Gasteiger partial charge in [-0.15, -0.1) is 0 Å². The lowest BCUT2D eigenvalue weighted by Crippen LogP contribution is -2.27. The summed E-state index contributed by atoms with van der Waals surface area (Å²) in [5.41, 5.74) is 3.39. The molecule has 0 aliphatic heterocycles. The van der Waals surface area contributed by atoms with Crippen LogP contribution in [0, 0.1) is 13.8 Å². The molecule has 0 saturated carbocycles. The summed E-state index contributed by atoms with van der Waals surface area (Å²) in [7, 11) is 0. The Kier molecular flexibility index (Phi) is 6.31. The predicted octanol–water partition coefficient (Wildman–Crippen LogP) is 5.36. The Morgan fingerprint density at radius 2 is 1.88 bits per heavy atom. The van der Waals surface area contributed by atoms with Crippen molar-refractivity contribution in [2.24, 2.45) is 0 Å². The van der Waals surface area contributed by atoms with E-state index in [1.54, 1.807) is 64.4 Å². The summed E-state index contributed by atoms with van der Waals surface area (Å²) in [6.45, 7) is 9.45. The fraction of sp³-hybridized carbons (Fsp3) is 0.292. The van der Waals surface area contributed by atoms with Crippen LogP contribution in [0.25, 0.3) is 22.9 Å². The Bertz CT molecular complexity index is 1290. The Balaban J connectivity index is 1.50. The normalized spacial score (nSPS) is 11.3. The molecule has 0 unspecified atom stereocenters.